The van der Waals surface area contributed by atoms with Crippen molar-refractivity contribution in [2.45, 2.75) is 0 Å². The second-order valence-corrected chi connectivity index (χ2v) is 4.54. The Kier molecular flexibility index (Phi) is 2.12. The number of para-hydroxylation sites is 1. The van der Waals surface area contributed by atoms with Crippen molar-refractivity contribution in [2.75, 3.05) is 0 Å². The van der Waals surface area contributed by atoms with E-state index in [0.717, 1.165) is 22.3 Å². The van der Waals surface area contributed by atoms with Gasteiger partial charge in [-0.05, 0) is 24.3 Å². The van der Waals surface area contributed by atoms with Gasteiger partial charge in [0, 0.05) is 33.6 Å². The molecule has 0 aliphatic rings. The Morgan fingerprint density at radius 2 is 1.68 bits per heavy atom. The van der Waals surface area contributed by atoms with Crippen molar-refractivity contribution >= 4 is 21.8 Å². The lowest BCUT2D eigenvalue weighted by molar-refractivity contribution is 1.04. The summed E-state index contributed by atoms with van der Waals surface area (Å²) in [5.41, 5.74) is 4.26. The molecule has 0 atom stereocenters. The molecular weight excluding hydrogens is 234 g/mol. The van der Waals surface area contributed by atoms with Crippen LogP contribution in [-0.4, -0.2) is 15.2 Å². The van der Waals surface area contributed by atoms with E-state index in [-0.39, 0.29) is 0 Å². The third-order valence-corrected chi connectivity index (χ3v) is 3.37. The molecule has 2 aromatic heterocycles. The molecule has 3 heteroatoms. The van der Waals surface area contributed by atoms with Crippen molar-refractivity contribution in [1.82, 2.24) is 15.2 Å². The fourth-order valence-corrected chi connectivity index (χ4v) is 2.47. The number of nitrogens with zero attached hydrogens (tertiary/aromatic N) is 2. The molecule has 3 nitrogen and oxygen atoms in total. The number of hydrogen-bond acceptors (Lipinski definition) is 2. The van der Waals surface area contributed by atoms with Crippen molar-refractivity contribution < 1.29 is 0 Å². The lowest BCUT2D eigenvalue weighted by atomic mass is 10.1. The van der Waals surface area contributed by atoms with Crippen molar-refractivity contribution in [3.63, 3.8) is 0 Å². The molecule has 0 aliphatic carbocycles. The number of aromatic amines is 1. The third kappa shape index (κ3) is 1.59. The van der Waals surface area contributed by atoms with Crippen LogP contribution in [0.5, 0.6) is 0 Å². The Labute approximate surface area is 109 Å². The fourth-order valence-electron chi connectivity index (χ4n) is 2.47. The molecular formula is C16H11N3. The Morgan fingerprint density at radius 3 is 2.58 bits per heavy atom. The van der Waals surface area contributed by atoms with Crippen LogP contribution in [-0.2, 0) is 0 Å². The zero-order valence-electron chi connectivity index (χ0n) is 10.2. The van der Waals surface area contributed by atoms with E-state index in [2.05, 4.69) is 51.6 Å². The summed E-state index contributed by atoms with van der Waals surface area (Å²) in [6, 6.07) is 18.6. The second kappa shape index (κ2) is 3.92. The molecule has 2 aromatic carbocycles. The number of nitrogens with one attached hydrogen (secondary N) is 1. The van der Waals surface area contributed by atoms with E-state index in [9.17, 15) is 0 Å². The first-order valence-electron chi connectivity index (χ1n) is 6.20. The molecule has 0 saturated carbocycles. The summed E-state index contributed by atoms with van der Waals surface area (Å²) in [5.74, 6) is 0. The van der Waals surface area contributed by atoms with Crippen LogP contribution in [0.3, 0.4) is 0 Å². The molecule has 2 heterocycles. The molecule has 0 spiro atoms. The minimum atomic E-state index is 0.892. The third-order valence-electron chi connectivity index (χ3n) is 3.37. The molecule has 4 aromatic rings. The fraction of sp³-hybridized carbons (Fsp3) is 0. The quantitative estimate of drug-likeness (QED) is 0.554. The van der Waals surface area contributed by atoms with Gasteiger partial charge in [-0.25, -0.2) is 0 Å². The summed E-state index contributed by atoms with van der Waals surface area (Å²) in [5, 5.41) is 10.6. The van der Waals surface area contributed by atoms with Gasteiger partial charge in [-0.3, -0.25) is 0 Å². The van der Waals surface area contributed by atoms with Crippen LogP contribution in [0.25, 0.3) is 33.1 Å². The average Bonchev–Trinajstić information content (AvgIpc) is 2.86. The molecule has 0 fully saturated rings. The van der Waals surface area contributed by atoms with Gasteiger partial charge in [0.05, 0.1) is 5.69 Å². The first-order valence-corrected chi connectivity index (χ1v) is 6.20. The maximum atomic E-state index is 4.15. The standard InChI is InChI=1S/C16H11N3/c1-2-5-15-12(4-1)13-8-7-11(10-16(13)18-15)14-6-3-9-17-19-14/h1-10,18H. The van der Waals surface area contributed by atoms with Crippen LogP contribution in [0.1, 0.15) is 0 Å². The van der Waals surface area contributed by atoms with Gasteiger partial charge in [0.25, 0.3) is 0 Å². The van der Waals surface area contributed by atoms with Gasteiger partial charge in [-0.1, -0.05) is 30.3 Å². The van der Waals surface area contributed by atoms with E-state index in [1.54, 1.807) is 6.20 Å². The lowest BCUT2D eigenvalue weighted by Crippen LogP contribution is -1.85. The lowest BCUT2D eigenvalue weighted by Gasteiger charge is -1.99. The average molecular weight is 245 g/mol. The molecule has 0 aliphatic heterocycles. The second-order valence-electron chi connectivity index (χ2n) is 4.54. The highest BCUT2D eigenvalue weighted by Gasteiger charge is 2.05. The minimum Gasteiger partial charge on any atom is -0.354 e. The molecule has 0 radical (unpaired) electrons. The highest BCUT2D eigenvalue weighted by Crippen LogP contribution is 2.28. The van der Waals surface area contributed by atoms with Crippen LogP contribution in [0.4, 0.5) is 0 Å². The smallest absolute Gasteiger partial charge is 0.0930 e. The highest BCUT2D eigenvalue weighted by molar-refractivity contribution is 6.08. The van der Waals surface area contributed by atoms with Crippen molar-refractivity contribution in [1.29, 1.82) is 0 Å². The number of rotatable bonds is 1. The predicted octanol–water partition coefficient (Wildman–Crippen LogP) is 3.78. The van der Waals surface area contributed by atoms with Gasteiger partial charge in [-0.15, -0.1) is 0 Å². The summed E-state index contributed by atoms with van der Waals surface area (Å²) in [7, 11) is 0. The summed E-state index contributed by atoms with van der Waals surface area (Å²) >= 11 is 0. The van der Waals surface area contributed by atoms with Crippen molar-refractivity contribution in [3.05, 3.63) is 60.8 Å². The largest absolute Gasteiger partial charge is 0.354 e. The zero-order chi connectivity index (χ0) is 12.7. The van der Waals surface area contributed by atoms with Crippen LogP contribution in [0.2, 0.25) is 0 Å². The van der Waals surface area contributed by atoms with Gasteiger partial charge >= 0.3 is 0 Å². The summed E-state index contributed by atoms with van der Waals surface area (Å²) < 4.78 is 0. The molecule has 0 saturated heterocycles. The zero-order valence-corrected chi connectivity index (χ0v) is 10.2. The highest BCUT2D eigenvalue weighted by atomic mass is 15.1. The molecule has 0 bridgehead atoms. The summed E-state index contributed by atoms with van der Waals surface area (Å²) in [6.07, 6.45) is 1.69. The Morgan fingerprint density at radius 1 is 0.789 bits per heavy atom. The van der Waals surface area contributed by atoms with Gasteiger partial charge in [0.15, 0.2) is 0 Å². The molecule has 1 N–H and O–H groups in total. The first kappa shape index (κ1) is 10.3. The number of benzene rings is 2. The van der Waals surface area contributed by atoms with Gasteiger partial charge in [0.2, 0.25) is 0 Å². The van der Waals surface area contributed by atoms with E-state index in [4.69, 9.17) is 0 Å². The van der Waals surface area contributed by atoms with Crippen LogP contribution in [0.15, 0.2) is 60.8 Å². The van der Waals surface area contributed by atoms with E-state index in [0.29, 0.717) is 0 Å². The summed E-state index contributed by atoms with van der Waals surface area (Å²) in [6.45, 7) is 0. The Bertz CT molecular complexity index is 863. The Hall–Kier alpha value is -2.68. The van der Waals surface area contributed by atoms with E-state index < -0.39 is 0 Å². The molecule has 19 heavy (non-hydrogen) atoms. The van der Waals surface area contributed by atoms with Gasteiger partial charge in [-0.2, -0.15) is 10.2 Å². The van der Waals surface area contributed by atoms with Crippen molar-refractivity contribution in [3.8, 4) is 11.3 Å². The first-order chi connectivity index (χ1) is 9.42. The normalized spacial score (nSPS) is 11.2. The van der Waals surface area contributed by atoms with Crippen molar-refractivity contribution in [2.24, 2.45) is 0 Å². The number of fused-ring (bicyclic) bond motifs is 3. The van der Waals surface area contributed by atoms with Crippen LogP contribution in [0, 0.1) is 0 Å². The predicted molar refractivity (Wildman–Crippen MR) is 76.8 cm³/mol. The minimum absolute atomic E-state index is 0.892. The van der Waals surface area contributed by atoms with Gasteiger partial charge < -0.3 is 4.98 Å². The van der Waals surface area contributed by atoms with Crippen LogP contribution < -0.4 is 0 Å². The molecule has 90 valence electrons. The van der Waals surface area contributed by atoms with E-state index in [1.165, 1.54) is 10.8 Å². The molecule has 0 unspecified atom stereocenters. The Balaban J connectivity index is 1.99. The van der Waals surface area contributed by atoms with Gasteiger partial charge in [0.1, 0.15) is 0 Å². The number of hydrogen-bond donors (Lipinski definition) is 1. The van der Waals surface area contributed by atoms with E-state index in [1.807, 2.05) is 18.2 Å². The monoisotopic (exact) mass is 245 g/mol. The SMILES string of the molecule is c1cnnc(-c2ccc3c(c2)[nH]c2ccccc23)c1. The molecule has 4 rings (SSSR count). The molecule has 0 amide bonds. The van der Waals surface area contributed by atoms with Crippen LogP contribution >= 0.6 is 0 Å². The maximum absolute atomic E-state index is 4.15. The topological polar surface area (TPSA) is 41.6 Å². The van der Waals surface area contributed by atoms with E-state index >= 15 is 0 Å². The summed E-state index contributed by atoms with van der Waals surface area (Å²) in [4.78, 5) is 3.44. The maximum Gasteiger partial charge on any atom is 0.0930 e. The number of aromatic nitrogens is 3. The number of H-pyrrole nitrogens is 1.